The fraction of sp³-hybridized carbons (Fsp3) is 0. The summed E-state index contributed by atoms with van der Waals surface area (Å²) in [4.78, 5) is 0. The molecule has 0 spiro atoms. The molecule has 0 aliphatic heterocycles. The molecule has 0 bridgehead atoms. The Morgan fingerprint density at radius 2 is 0.716 bits per heavy atom. The van der Waals surface area contributed by atoms with Gasteiger partial charge in [0.25, 0.3) is 0 Å². The maximum atomic E-state index is 6.55. The van der Waals surface area contributed by atoms with E-state index in [4.69, 9.17) is 8.83 Å². The number of fused-ring (bicyclic) bond motifs is 14. The van der Waals surface area contributed by atoms with Crippen molar-refractivity contribution < 1.29 is 8.83 Å². The summed E-state index contributed by atoms with van der Waals surface area (Å²) in [6.45, 7) is 0. The van der Waals surface area contributed by atoms with E-state index in [2.05, 4.69) is 220 Å². The number of rotatable bonds is 5. The zero-order valence-corrected chi connectivity index (χ0v) is 36.0. The minimum absolute atomic E-state index is 0.867. The van der Waals surface area contributed by atoms with E-state index in [0.29, 0.717) is 0 Å². The van der Waals surface area contributed by atoms with Crippen molar-refractivity contribution in [2.24, 2.45) is 0 Å². The summed E-state index contributed by atoms with van der Waals surface area (Å²) in [6, 6.07) is 80.8. The molecule has 0 saturated heterocycles. The fourth-order valence-corrected chi connectivity index (χ4v) is 11.0. The average molecular weight is 856 g/mol. The van der Waals surface area contributed by atoms with E-state index in [1.54, 1.807) is 0 Å². The van der Waals surface area contributed by atoms with Gasteiger partial charge >= 0.3 is 0 Å². The molecule has 5 nitrogen and oxygen atoms in total. The van der Waals surface area contributed by atoms with Crippen molar-refractivity contribution in [3.63, 3.8) is 0 Å². The Morgan fingerprint density at radius 3 is 1.42 bits per heavy atom. The summed E-state index contributed by atoms with van der Waals surface area (Å²) in [6.07, 6.45) is 0. The van der Waals surface area contributed by atoms with Gasteiger partial charge in [0.15, 0.2) is 0 Å². The molecule has 0 amide bonds. The molecule has 10 aromatic carbocycles. The lowest BCUT2D eigenvalue weighted by Gasteiger charge is -2.11. The van der Waals surface area contributed by atoms with Gasteiger partial charge < -0.3 is 18.0 Å². The molecule has 15 aromatic rings. The molecule has 67 heavy (non-hydrogen) atoms. The van der Waals surface area contributed by atoms with Crippen molar-refractivity contribution >= 4 is 98.5 Å². The van der Waals surface area contributed by atoms with Crippen LogP contribution in [0.2, 0.25) is 0 Å². The van der Waals surface area contributed by atoms with E-state index in [9.17, 15) is 0 Å². The lowest BCUT2D eigenvalue weighted by Crippen LogP contribution is -1.94. The second kappa shape index (κ2) is 13.7. The van der Waals surface area contributed by atoms with E-state index in [0.717, 1.165) is 83.2 Å². The van der Waals surface area contributed by atoms with Crippen molar-refractivity contribution in [2.45, 2.75) is 0 Å². The Labute approximate surface area is 383 Å². The number of hydrogen-bond donors (Lipinski definition) is 0. The van der Waals surface area contributed by atoms with E-state index >= 15 is 0 Å². The molecule has 0 atom stereocenters. The summed E-state index contributed by atoms with van der Waals surface area (Å²) >= 11 is 0. The van der Waals surface area contributed by atoms with Crippen LogP contribution in [0.25, 0.3) is 138 Å². The van der Waals surface area contributed by atoms with Gasteiger partial charge in [0.2, 0.25) is 5.71 Å². The molecule has 312 valence electrons. The summed E-state index contributed by atoms with van der Waals surface area (Å²) < 4.78 is 19.9. The van der Waals surface area contributed by atoms with Crippen LogP contribution in [0.5, 0.6) is 0 Å². The zero-order chi connectivity index (χ0) is 43.7. The molecule has 0 fully saturated rings. The van der Waals surface area contributed by atoms with Crippen LogP contribution in [0, 0.1) is 0 Å². The van der Waals surface area contributed by atoms with Crippen molar-refractivity contribution in [1.29, 1.82) is 0 Å². The van der Waals surface area contributed by atoms with Crippen molar-refractivity contribution in [3.8, 4) is 39.3 Å². The van der Waals surface area contributed by atoms with E-state index in [-0.39, 0.29) is 0 Å². The standard InChI is InChI=1S/C62H37N3O2/c1-2-12-42(13-3-1)65-57-36-41(24-30-49(57)61-50-17-7-11-21-59(50)67-62(61)65)38-22-27-43(28-23-38)63-53-18-8-4-14-45(53)51-34-39(25-32-55(51)63)40-26-33-56-52(35-40)46-15-5-9-19-54(46)64(56)44-29-31-48-47-16-6-10-20-58(47)66-60(48)37-44/h1-37H. The number of para-hydroxylation sites is 5. The topological polar surface area (TPSA) is 41.1 Å². The Kier molecular flexibility index (Phi) is 7.44. The fourth-order valence-electron chi connectivity index (χ4n) is 11.0. The van der Waals surface area contributed by atoms with Gasteiger partial charge in [0.1, 0.15) is 16.7 Å². The minimum atomic E-state index is 0.867. The molecule has 5 aromatic heterocycles. The minimum Gasteiger partial charge on any atom is -0.456 e. The van der Waals surface area contributed by atoms with E-state index in [1.165, 1.54) is 54.6 Å². The first-order valence-electron chi connectivity index (χ1n) is 22.8. The number of nitrogens with zero attached hydrogens (tertiary/aromatic N) is 3. The third kappa shape index (κ3) is 5.25. The van der Waals surface area contributed by atoms with Crippen molar-refractivity contribution in [1.82, 2.24) is 13.7 Å². The Balaban J connectivity index is 0.821. The molecule has 0 saturated carbocycles. The normalized spacial score (nSPS) is 12.2. The van der Waals surface area contributed by atoms with Crippen LogP contribution in [-0.2, 0) is 0 Å². The highest BCUT2D eigenvalue weighted by Gasteiger charge is 2.21. The molecular formula is C62H37N3O2. The lowest BCUT2D eigenvalue weighted by molar-refractivity contribution is 0.645. The molecule has 0 aliphatic rings. The highest BCUT2D eigenvalue weighted by molar-refractivity contribution is 6.20. The van der Waals surface area contributed by atoms with Crippen LogP contribution in [0.4, 0.5) is 0 Å². The Bertz CT molecular complexity index is 4500. The second-order valence-corrected chi connectivity index (χ2v) is 17.7. The first-order chi connectivity index (χ1) is 33.2. The van der Waals surface area contributed by atoms with Gasteiger partial charge in [-0.2, -0.15) is 0 Å². The van der Waals surface area contributed by atoms with Crippen molar-refractivity contribution in [3.05, 3.63) is 224 Å². The summed E-state index contributed by atoms with van der Waals surface area (Å²) in [5, 5.41) is 10.6. The monoisotopic (exact) mass is 855 g/mol. The predicted molar refractivity (Wildman–Crippen MR) is 277 cm³/mol. The van der Waals surface area contributed by atoms with Crippen LogP contribution < -0.4 is 0 Å². The van der Waals surface area contributed by atoms with Gasteiger partial charge in [-0.25, -0.2) is 0 Å². The number of aromatic nitrogens is 3. The Morgan fingerprint density at radius 1 is 0.239 bits per heavy atom. The average Bonchev–Trinajstić information content (AvgIpc) is 4.19. The maximum absolute atomic E-state index is 6.55. The van der Waals surface area contributed by atoms with Crippen LogP contribution >= 0.6 is 0 Å². The highest BCUT2D eigenvalue weighted by Crippen LogP contribution is 2.42. The van der Waals surface area contributed by atoms with Gasteiger partial charge in [-0.05, 0) is 113 Å². The number of benzene rings is 10. The lowest BCUT2D eigenvalue weighted by atomic mass is 10.0. The second-order valence-electron chi connectivity index (χ2n) is 17.7. The molecule has 0 unspecified atom stereocenters. The maximum Gasteiger partial charge on any atom is 0.213 e. The Hall–Kier alpha value is -9.06. The first kappa shape index (κ1) is 36.3. The molecular weight excluding hydrogens is 819 g/mol. The van der Waals surface area contributed by atoms with Crippen LogP contribution in [-0.4, -0.2) is 13.7 Å². The highest BCUT2D eigenvalue weighted by atomic mass is 16.3. The third-order valence-corrected chi connectivity index (χ3v) is 14.1. The summed E-state index contributed by atoms with van der Waals surface area (Å²) in [5.41, 5.74) is 17.3. The van der Waals surface area contributed by atoms with Gasteiger partial charge in [0.05, 0.1) is 33.0 Å². The van der Waals surface area contributed by atoms with Crippen LogP contribution in [0.1, 0.15) is 0 Å². The first-order valence-corrected chi connectivity index (χ1v) is 22.8. The predicted octanol–water partition coefficient (Wildman–Crippen LogP) is 17.0. The molecule has 5 heterocycles. The van der Waals surface area contributed by atoms with Gasteiger partial charge in [-0.15, -0.1) is 0 Å². The van der Waals surface area contributed by atoms with Crippen molar-refractivity contribution in [2.75, 3.05) is 0 Å². The molecule has 0 N–H and O–H groups in total. The van der Waals surface area contributed by atoms with Gasteiger partial charge in [-0.1, -0.05) is 127 Å². The van der Waals surface area contributed by atoms with Gasteiger partial charge in [-0.3, -0.25) is 4.57 Å². The SMILES string of the molecule is c1ccc(-n2c3cc(-c4ccc(-n5c6ccccc6c6cc(-c7ccc8c(c7)c7ccccc7n8-c7ccc8c(c7)oc7ccccc78)ccc65)cc4)ccc3c3c4ccccc4oc32)cc1. The molecule has 0 aliphatic carbocycles. The van der Waals surface area contributed by atoms with E-state index in [1.807, 2.05) is 18.2 Å². The third-order valence-electron chi connectivity index (χ3n) is 14.1. The molecule has 5 heteroatoms. The largest absolute Gasteiger partial charge is 0.456 e. The molecule has 0 radical (unpaired) electrons. The zero-order valence-electron chi connectivity index (χ0n) is 36.0. The van der Waals surface area contributed by atoms with Crippen LogP contribution in [0.3, 0.4) is 0 Å². The quantitative estimate of drug-likeness (QED) is 0.173. The van der Waals surface area contributed by atoms with Crippen LogP contribution in [0.15, 0.2) is 233 Å². The molecule has 15 rings (SSSR count). The smallest absolute Gasteiger partial charge is 0.213 e. The summed E-state index contributed by atoms with van der Waals surface area (Å²) in [5.74, 6) is 0. The number of hydrogen-bond acceptors (Lipinski definition) is 2. The van der Waals surface area contributed by atoms with Gasteiger partial charge in [0, 0.05) is 66.2 Å². The number of furan rings is 2. The van der Waals surface area contributed by atoms with E-state index < -0.39 is 0 Å². The summed E-state index contributed by atoms with van der Waals surface area (Å²) in [7, 11) is 0.